The van der Waals surface area contributed by atoms with Crippen LogP contribution in [0, 0.1) is 0 Å². The van der Waals surface area contributed by atoms with Crippen LogP contribution in [0.15, 0.2) is 24.6 Å². The normalized spacial score (nSPS) is 32.2. The van der Waals surface area contributed by atoms with Gasteiger partial charge in [-0.15, -0.1) is 13.2 Å². The van der Waals surface area contributed by atoms with Crippen molar-refractivity contribution in [2.45, 2.75) is 6.55 Å². The topological polar surface area (TPSA) is 36.9 Å². The maximum absolute atomic E-state index is 5.76. The third kappa shape index (κ3) is 3.10. The third-order valence-corrected chi connectivity index (χ3v) is 11.6. The minimum atomic E-state index is -2.35. The molecule has 1 atom stereocenters. The van der Waals surface area contributed by atoms with Crippen molar-refractivity contribution in [2.24, 2.45) is 0 Å². The number of hydrogen-bond acceptors (Lipinski definition) is 4. The van der Waals surface area contributed by atoms with Gasteiger partial charge in [-0.1, -0.05) is 0 Å². The lowest BCUT2D eigenvalue weighted by atomic mass is 11.2. The van der Waals surface area contributed by atoms with E-state index in [9.17, 15) is 0 Å². The van der Waals surface area contributed by atoms with E-state index in [4.69, 9.17) is 16.5 Å². The summed E-state index contributed by atoms with van der Waals surface area (Å²) in [5, 5.41) is 0. The van der Waals surface area contributed by atoms with Crippen molar-refractivity contribution in [1.29, 1.82) is 0 Å². The minimum Gasteiger partial charge on any atom is -0.425 e. The first-order chi connectivity index (χ1) is 6.22. The van der Waals surface area contributed by atoms with E-state index in [1.165, 1.54) is 0 Å². The highest BCUT2D eigenvalue weighted by Crippen LogP contribution is 2.13. The van der Waals surface area contributed by atoms with Crippen LogP contribution in [0.2, 0.25) is 6.55 Å². The average molecular weight is 251 g/mol. The van der Waals surface area contributed by atoms with Crippen LogP contribution in [0.5, 0.6) is 0 Å². The highest BCUT2D eigenvalue weighted by atomic mass is 28.5. The second-order valence-corrected chi connectivity index (χ2v) is 11.5. The Morgan fingerprint density at radius 1 is 1.31 bits per heavy atom. The number of hydrogen-bond donors (Lipinski definition) is 0. The lowest BCUT2D eigenvalue weighted by molar-refractivity contribution is 0.310. The molecule has 1 saturated heterocycles. The van der Waals surface area contributed by atoms with Crippen molar-refractivity contribution in [3.05, 3.63) is 24.6 Å². The molecule has 0 radical (unpaired) electrons. The van der Waals surface area contributed by atoms with Gasteiger partial charge < -0.3 is 16.5 Å². The first kappa shape index (κ1) is 11.3. The van der Waals surface area contributed by atoms with Crippen LogP contribution in [-0.2, 0) is 16.5 Å². The zero-order valence-corrected chi connectivity index (χ0v) is 12.7. The molecule has 0 bridgehead atoms. The van der Waals surface area contributed by atoms with Crippen molar-refractivity contribution >= 4 is 37.9 Å². The molecule has 1 unspecified atom stereocenters. The molecule has 0 aliphatic carbocycles. The van der Waals surface area contributed by atoms with Gasteiger partial charge in [0.15, 0.2) is 0 Å². The second kappa shape index (κ2) is 5.16. The maximum atomic E-state index is 5.76. The van der Waals surface area contributed by atoms with E-state index < -0.39 is 37.9 Å². The Kier molecular flexibility index (Phi) is 4.47. The van der Waals surface area contributed by atoms with E-state index in [0.29, 0.717) is 0 Å². The maximum Gasteiger partial charge on any atom is 0.372 e. The van der Waals surface area contributed by atoms with Crippen LogP contribution in [0.4, 0.5) is 0 Å². The van der Waals surface area contributed by atoms with Crippen LogP contribution in [-0.4, -0.2) is 37.9 Å². The zero-order valence-electron chi connectivity index (χ0n) is 7.69. The smallest absolute Gasteiger partial charge is 0.372 e. The molecule has 0 aromatic carbocycles. The molecule has 1 aliphatic rings. The molecule has 0 saturated carbocycles. The summed E-state index contributed by atoms with van der Waals surface area (Å²) in [6.07, 6.45) is 0. The predicted octanol–water partition coefficient (Wildman–Crippen LogP) is -1.19. The molecule has 1 heterocycles. The largest absolute Gasteiger partial charge is 0.425 e. The highest BCUT2D eigenvalue weighted by Gasteiger charge is 2.34. The van der Waals surface area contributed by atoms with Gasteiger partial charge in [0.25, 0.3) is 20.0 Å². The van der Waals surface area contributed by atoms with Crippen molar-refractivity contribution in [3.63, 3.8) is 0 Å². The molecule has 1 rings (SSSR count). The first-order valence-corrected chi connectivity index (χ1v) is 10.4. The summed E-state index contributed by atoms with van der Waals surface area (Å²) in [5.41, 5.74) is 3.46. The molecule has 1 fully saturated rings. The van der Waals surface area contributed by atoms with Gasteiger partial charge in [0.05, 0.1) is 0 Å². The fraction of sp³-hybridized carbons (Fsp3) is 0.200. The summed E-state index contributed by atoms with van der Waals surface area (Å²) in [4.78, 5) is 0. The van der Waals surface area contributed by atoms with Gasteiger partial charge in [-0.25, -0.2) is 0 Å². The Morgan fingerprint density at radius 3 is 2.62 bits per heavy atom. The molecular formula is C5H14O4Si4. The molecule has 4 nitrogen and oxygen atoms in total. The van der Waals surface area contributed by atoms with Crippen molar-refractivity contribution in [3.8, 4) is 0 Å². The summed E-state index contributed by atoms with van der Waals surface area (Å²) in [6.45, 7) is 9.41. The average Bonchev–Trinajstić information content (AvgIpc) is 2.12. The molecule has 0 aromatic heterocycles. The van der Waals surface area contributed by atoms with Crippen LogP contribution >= 0.6 is 0 Å². The van der Waals surface area contributed by atoms with Gasteiger partial charge in [0.2, 0.25) is 0 Å². The summed E-state index contributed by atoms with van der Waals surface area (Å²) in [6, 6.07) is 0. The molecule has 0 spiro atoms. The summed E-state index contributed by atoms with van der Waals surface area (Å²) >= 11 is 0. The Balaban J connectivity index is 2.68. The van der Waals surface area contributed by atoms with E-state index in [1.807, 2.05) is 6.55 Å². The van der Waals surface area contributed by atoms with Gasteiger partial charge in [-0.05, 0) is 17.9 Å². The Bertz CT molecular complexity index is 191. The summed E-state index contributed by atoms with van der Waals surface area (Å²) < 4.78 is 22.2. The standard InChI is InChI=1S/C5H14O4Si4/c1-4-13(5-2)8-11-6-10-7-12(3)9-13/h4-5,12H,1-2,10-11H2,3H3. The van der Waals surface area contributed by atoms with E-state index in [1.54, 1.807) is 11.4 Å². The van der Waals surface area contributed by atoms with E-state index >= 15 is 0 Å². The van der Waals surface area contributed by atoms with E-state index in [-0.39, 0.29) is 0 Å². The summed E-state index contributed by atoms with van der Waals surface area (Å²) in [7, 11) is -5.71. The van der Waals surface area contributed by atoms with Crippen LogP contribution in [0.1, 0.15) is 0 Å². The van der Waals surface area contributed by atoms with Gasteiger partial charge in [0, 0.05) is 0 Å². The fourth-order valence-corrected chi connectivity index (χ4v) is 10.8. The molecule has 0 N–H and O–H groups in total. The third-order valence-electron chi connectivity index (χ3n) is 1.67. The summed E-state index contributed by atoms with van der Waals surface area (Å²) in [5.74, 6) is 0. The second-order valence-electron chi connectivity index (χ2n) is 2.57. The molecule has 0 aromatic rings. The van der Waals surface area contributed by atoms with Crippen molar-refractivity contribution in [2.75, 3.05) is 0 Å². The Morgan fingerprint density at radius 2 is 2.00 bits per heavy atom. The Labute approximate surface area is 85.8 Å². The van der Waals surface area contributed by atoms with Crippen LogP contribution in [0.3, 0.4) is 0 Å². The highest BCUT2D eigenvalue weighted by molar-refractivity contribution is 6.85. The lowest BCUT2D eigenvalue weighted by Gasteiger charge is -2.30. The zero-order chi connectivity index (χ0) is 9.73. The Hall–Kier alpha value is 0.188. The van der Waals surface area contributed by atoms with E-state index in [2.05, 4.69) is 13.2 Å². The monoisotopic (exact) mass is 250 g/mol. The van der Waals surface area contributed by atoms with Crippen molar-refractivity contribution in [1.82, 2.24) is 0 Å². The number of rotatable bonds is 2. The first-order valence-electron chi connectivity index (χ1n) is 4.01. The molecule has 1 aliphatic heterocycles. The molecule has 0 amide bonds. The molecule has 13 heavy (non-hydrogen) atoms. The van der Waals surface area contributed by atoms with Crippen LogP contribution < -0.4 is 0 Å². The van der Waals surface area contributed by atoms with Gasteiger partial charge in [-0.3, -0.25) is 0 Å². The van der Waals surface area contributed by atoms with Gasteiger partial charge in [-0.2, -0.15) is 0 Å². The predicted molar refractivity (Wildman–Crippen MR) is 60.6 cm³/mol. The van der Waals surface area contributed by atoms with Crippen molar-refractivity contribution < 1.29 is 16.5 Å². The molecule has 8 heteroatoms. The lowest BCUT2D eigenvalue weighted by Crippen LogP contribution is -2.47. The van der Waals surface area contributed by atoms with Crippen LogP contribution in [0.25, 0.3) is 0 Å². The quantitative estimate of drug-likeness (QED) is 0.578. The minimum absolute atomic E-state index is 0.833. The van der Waals surface area contributed by atoms with Gasteiger partial charge >= 0.3 is 17.8 Å². The van der Waals surface area contributed by atoms with E-state index in [0.717, 1.165) is 0 Å². The molecular weight excluding hydrogens is 236 g/mol. The molecule has 74 valence electrons. The fourth-order valence-electron chi connectivity index (χ4n) is 0.937. The SMILES string of the molecule is C=C[Si]1(C=C)O[SiH2]O[SiH2]O[SiH](C)O1. The van der Waals surface area contributed by atoms with Gasteiger partial charge in [0.1, 0.15) is 0 Å².